The van der Waals surface area contributed by atoms with E-state index in [4.69, 9.17) is 10.8 Å². The predicted octanol–water partition coefficient (Wildman–Crippen LogP) is 1.99. The Morgan fingerprint density at radius 2 is 2.11 bits per heavy atom. The average molecular weight is 263 g/mol. The van der Waals surface area contributed by atoms with Crippen molar-refractivity contribution in [3.63, 3.8) is 0 Å². The van der Waals surface area contributed by atoms with Crippen LogP contribution in [0.25, 0.3) is 0 Å². The van der Waals surface area contributed by atoms with Gasteiger partial charge in [0.25, 0.3) is 0 Å². The first-order chi connectivity index (χ1) is 8.58. The Morgan fingerprint density at radius 3 is 2.72 bits per heavy atom. The van der Waals surface area contributed by atoms with E-state index < -0.39 is 5.97 Å². The highest BCUT2D eigenvalue weighted by Crippen LogP contribution is 2.24. The maximum absolute atomic E-state index is 11.0. The fourth-order valence-corrected chi connectivity index (χ4v) is 2.50. The van der Waals surface area contributed by atoms with Crippen LogP contribution in [0.3, 0.4) is 0 Å². The molecule has 3 N–H and O–H groups in total. The van der Waals surface area contributed by atoms with E-state index in [9.17, 15) is 4.79 Å². The van der Waals surface area contributed by atoms with Gasteiger partial charge in [0.2, 0.25) is 0 Å². The van der Waals surface area contributed by atoms with Crippen LogP contribution in [-0.2, 0) is 12.8 Å². The Balaban J connectivity index is 2.12. The zero-order chi connectivity index (χ0) is 13.1. The van der Waals surface area contributed by atoms with Gasteiger partial charge in [-0.1, -0.05) is 0 Å². The minimum absolute atomic E-state index is 0.250. The molecule has 2 rings (SSSR count). The minimum atomic E-state index is -0.948. The van der Waals surface area contributed by atoms with E-state index in [-0.39, 0.29) is 5.56 Å². The molecule has 6 heteroatoms. The van der Waals surface area contributed by atoms with Gasteiger partial charge < -0.3 is 10.8 Å². The summed E-state index contributed by atoms with van der Waals surface area (Å²) in [5.74, 6) is -0.391. The molecule has 0 atom stereocenters. The van der Waals surface area contributed by atoms with Crippen molar-refractivity contribution in [3.8, 4) is 0 Å². The Morgan fingerprint density at radius 1 is 1.44 bits per heavy atom. The molecule has 0 aliphatic heterocycles. The molecule has 2 aromatic rings. The van der Waals surface area contributed by atoms with Crippen LogP contribution >= 0.6 is 11.8 Å². The number of aryl methyl sites for hydroxylation is 1. The fraction of sp³-hybridized carbons (Fsp3) is 0.167. The van der Waals surface area contributed by atoms with Crippen LogP contribution in [0.5, 0.6) is 0 Å². The van der Waals surface area contributed by atoms with E-state index in [0.29, 0.717) is 17.1 Å². The SMILES string of the molecule is Cn1ncc(C(=O)O)c1CSc1ccc(N)cc1. The van der Waals surface area contributed by atoms with E-state index in [2.05, 4.69) is 5.10 Å². The van der Waals surface area contributed by atoms with Gasteiger partial charge in [-0.15, -0.1) is 11.8 Å². The molecule has 1 heterocycles. The van der Waals surface area contributed by atoms with Crippen molar-refractivity contribution in [2.24, 2.45) is 7.05 Å². The number of thioether (sulfide) groups is 1. The van der Waals surface area contributed by atoms with Crippen LogP contribution in [0, 0.1) is 0 Å². The first kappa shape index (κ1) is 12.5. The number of aromatic nitrogens is 2. The highest BCUT2D eigenvalue weighted by atomic mass is 32.2. The van der Waals surface area contributed by atoms with Crippen molar-refractivity contribution in [3.05, 3.63) is 41.7 Å². The van der Waals surface area contributed by atoms with Gasteiger partial charge in [-0.2, -0.15) is 5.10 Å². The number of carboxylic acids is 1. The van der Waals surface area contributed by atoms with E-state index in [0.717, 1.165) is 4.90 Å². The summed E-state index contributed by atoms with van der Waals surface area (Å²) in [5, 5.41) is 13.0. The number of anilines is 1. The quantitative estimate of drug-likeness (QED) is 0.651. The number of carboxylic acid groups (broad SMARTS) is 1. The lowest BCUT2D eigenvalue weighted by Crippen LogP contribution is -2.03. The zero-order valence-corrected chi connectivity index (χ0v) is 10.6. The fourth-order valence-electron chi connectivity index (χ4n) is 1.53. The molecule has 1 aromatic carbocycles. The van der Waals surface area contributed by atoms with Crippen LogP contribution < -0.4 is 5.73 Å². The van der Waals surface area contributed by atoms with E-state index in [1.54, 1.807) is 23.5 Å². The molecule has 0 aliphatic rings. The largest absolute Gasteiger partial charge is 0.478 e. The topological polar surface area (TPSA) is 81.1 Å². The van der Waals surface area contributed by atoms with E-state index in [1.165, 1.54) is 6.20 Å². The predicted molar refractivity (Wildman–Crippen MR) is 70.6 cm³/mol. The second-order valence-corrected chi connectivity index (χ2v) is 4.84. The molecule has 0 saturated heterocycles. The van der Waals surface area contributed by atoms with Crippen LogP contribution in [-0.4, -0.2) is 20.9 Å². The summed E-state index contributed by atoms with van der Waals surface area (Å²) in [5.41, 5.74) is 7.27. The molecule has 0 bridgehead atoms. The highest BCUT2D eigenvalue weighted by molar-refractivity contribution is 7.98. The lowest BCUT2D eigenvalue weighted by Gasteiger charge is -2.04. The van der Waals surface area contributed by atoms with Crippen molar-refractivity contribution in [1.82, 2.24) is 9.78 Å². The third-order valence-corrected chi connectivity index (χ3v) is 3.57. The van der Waals surface area contributed by atoms with Crippen LogP contribution in [0.1, 0.15) is 16.1 Å². The van der Waals surface area contributed by atoms with E-state index >= 15 is 0 Å². The first-order valence-electron chi connectivity index (χ1n) is 5.30. The number of nitrogens with zero attached hydrogens (tertiary/aromatic N) is 2. The van der Waals surface area contributed by atoms with Gasteiger partial charge in [0.15, 0.2) is 0 Å². The molecule has 1 aromatic heterocycles. The second-order valence-electron chi connectivity index (χ2n) is 3.79. The van der Waals surface area contributed by atoms with Crippen molar-refractivity contribution < 1.29 is 9.90 Å². The zero-order valence-electron chi connectivity index (χ0n) is 9.83. The Labute approximate surface area is 109 Å². The number of carbonyl (C=O) groups is 1. The molecule has 0 spiro atoms. The Hall–Kier alpha value is -1.95. The van der Waals surface area contributed by atoms with Gasteiger partial charge >= 0.3 is 5.97 Å². The molecule has 18 heavy (non-hydrogen) atoms. The van der Waals surface area contributed by atoms with E-state index in [1.807, 2.05) is 24.3 Å². The normalized spacial score (nSPS) is 10.5. The summed E-state index contributed by atoms with van der Waals surface area (Å²) in [7, 11) is 1.74. The Bertz CT molecular complexity index is 563. The number of nitrogens with two attached hydrogens (primary N) is 1. The maximum Gasteiger partial charge on any atom is 0.339 e. The standard InChI is InChI=1S/C12H13N3O2S/c1-15-11(10(6-14-15)12(16)17)7-18-9-4-2-8(13)3-5-9/h2-6H,7,13H2,1H3,(H,16,17). The molecule has 0 amide bonds. The number of benzene rings is 1. The lowest BCUT2D eigenvalue weighted by atomic mass is 10.3. The van der Waals surface area contributed by atoms with Gasteiger partial charge in [0.05, 0.1) is 11.9 Å². The summed E-state index contributed by atoms with van der Waals surface area (Å²) in [6.45, 7) is 0. The van der Waals surface area contributed by atoms with Crippen molar-refractivity contribution in [1.29, 1.82) is 0 Å². The van der Waals surface area contributed by atoms with Gasteiger partial charge in [0.1, 0.15) is 5.56 Å². The summed E-state index contributed by atoms with van der Waals surface area (Å²) in [4.78, 5) is 12.1. The summed E-state index contributed by atoms with van der Waals surface area (Å²) in [6, 6.07) is 7.47. The van der Waals surface area contributed by atoms with Crippen molar-refractivity contribution >= 4 is 23.4 Å². The number of hydrogen-bond acceptors (Lipinski definition) is 4. The number of rotatable bonds is 4. The smallest absolute Gasteiger partial charge is 0.339 e. The second kappa shape index (κ2) is 5.14. The van der Waals surface area contributed by atoms with Gasteiger partial charge in [-0.25, -0.2) is 4.79 Å². The van der Waals surface area contributed by atoms with Crippen LogP contribution in [0.15, 0.2) is 35.4 Å². The van der Waals surface area contributed by atoms with Gasteiger partial charge in [-0.05, 0) is 24.3 Å². The molecular formula is C12H13N3O2S. The summed E-state index contributed by atoms with van der Waals surface area (Å²) in [6.07, 6.45) is 1.38. The monoisotopic (exact) mass is 263 g/mol. The summed E-state index contributed by atoms with van der Waals surface area (Å²) >= 11 is 1.55. The minimum Gasteiger partial charge on any atom is -0.478 e. The Kier molecular flexibility index (Phi) is 3.57. The lowest BCUT2D eigenvalue weighted by molar-refractivity contribution is 0.0696. The van der Waals surface area contributed by atoms with Gasteiger partial charge in [0, 0.05) is 23.4 Å². The van der Waals surface area contributed by atoms with Gasteiger partial charge in [-0.3, -0.25) is 4.68 Å². The average Bonchev–Trinajstić information content (AvgIpc) is 2.70. The molecule has 0 radical (unpaired) electrons. The molecule has 0 saturated carbocycles. The third-order valence-electron chi connectivity index (χ3n) is 2.55. The number of hydrogen-bond donors (Lipinski definition) is 2. The molecule has 0 fully saturated rings. The van der Waals surface area contributed by atoms with Crippen LogP contribution in [0.4, 0.5) is 5.69 Å². The molecule has 0 unspecified atom stereocenters. The number of aromatic carboxylic acids is 1. The maximum atomic E-state index is 11.0. The summed E-state index contributed by atoms with van der Waals surface area (Å²) < 4.78 is 1.59. The number of nitrogen functional groups attached to an aromatic ring is 1. The third kappa shape index (κ3) is 2.65. The first-order valence-corrected chi connectivity index (χ1v) is 6.29. The van der Waals surface area contributed by atoms with Crippen molar-refractivity contribution in [2.45, 2.75) is 10.6 Å². The molecular weight excluding hydrogens is 250 g/mol. The molecule has 0 aliphatic carbocycles. The molecule has 5 nitrogen and oxygen atoms in total. The molecule has 94 valence electrons. The highest BCUT2D eigenvalue weighted by Gasteiger charge is 2.14. The van der Waals surface area contributed by atoms with Crippen molar-refractivity contribution in [2.75, 3.05) is 5.73 Å². The van der Waals surface area contributed by atoms with Crippen LogP contribution in [0.2, 0.25) is 0 Å².